The molecule has 0 aliphatic carbocycles. The van der Waals surface area contributed by atoms with Crippen molar-refractivity contribution in [2.24, 2.45) is 0 Å². The molecule has 1 aliphatic heterocycles. The fraction of sp³-hybridized carbons (Fsp3) is 0.588. The molecule has 0 saturated carbocycles. The van der Waals surface area contributed by atoms with Gasteiger partial charge >= 0.3 is 0 Å². The van der Waals surface area contributed by atoms with Crippen LogP contribution in [0.25, 0.3) is 0 Å². The van der Waals surface area contributed by atoms with Crippen LogP contribution < -0.4 is 10.1 Å². The number of amides is 1. The number of hydrogen-bond donors (Lipinski definition) is 1. The quantitative estimate of drug-likeness (QED) is 0.901. The third kappa shape index (κ3) is 5.66. The van der Waals surface area contributed by atoms with E-state index in [-0.39, 0.29) is 18.1 Å². The van der Waals surface area contributed by atoms with Gasteiger partial charge in [-0.25, -0.2) is 0 Å². The van der Waals surface area contributed by atoms with Gasteiger partial charge in [0.25, 0.3) is 5.91 Å². The molecule has 5 nitrogen and oxygen atoms in total. The molecule has 0 bridgehead atoms. The van der Waals surface area contributed by atoms with Crippen molar-refractivity contribution in [2.45, 2.75) is 32.9 Å². The van der Waals surface area contributed by atoms with E-state index in [1.54, 1.807) is 4.90 Å². The lowest BCUT2D eigenvalue weighted by molar-refractivity contribution is -0.137. The third-order valence-electron chi connectivity index (χ3n) is 3.45. The molecule has 1 heterocycles. The number of nitrogens with zero attached hydrogens (tertiary/aromatic N) is 1. The predicted octanol–water partition coefficient (Wildman–Crippen LogP) is 1.81. The average molecular weight is 306 g/mol. The van der Waals surface area contributed by atoms with Gasteiger partial charge in [0.15, 0.2) is 6.61 Å². The summed E-state index contributed by atoms with van der Waals surface area (Å²) < 4.78 is 10.9. The molecule has 2 rings (SSSR count). The molecular formula is C17H26N2O3. The minimum atomic E-state index is 0.0153. The van der Waals surface area contributed by atoms with Crippen molar-refractivity contribution in [1.82, 2.24) is 10.2 Å². The predicted molar refractivity (Wildman–Crippen MR) is 85.9 cm³/mol. The summed E-state index contributed by atoms with van der Waals surface area (Å²) in [5, 5.41) is 3.44. The van der Waals surface area contributed by atoms with Crippen molar-refractivity contribution >= 4 is 5.91 Å². The summed E-state index contributed by atoms with van der Waals surface area (Å²) in [7, 11) is 0. The van der Waals surface area contributed by atoms with Crippen LogP contribution in [0.5, 0.6) is 5.75 Å². The smallest absolute Gasteiger partial charge is 0.260 e. The Bertz CT molecular complexity index is 491. The van der Waals surface area contributed by atoms with E-state index in [2.05, 4.69) is 32.2 Å². The summed E-state index contributed by atoms with van der Waals surface area (Å²) in [4.78, 5) is 13.8. The minimum absolute atomic E-state index is 0.0153. The topological polar surface area (TPSA) is 50.8 Å². The number of benzene rings is 1. The zero-order chi connectivity index (χ0) is 16.0. The molecule has 0 aromatic heterocycles. The first-order valence-electron chi connectivity index (χ1n) is 7.76. The monoisotopic (exact) mass is 306 g/mol. The summed E-state index contributed by atoms with van der Waals surface area (Å²) in [6, 6.07) is 7.86. The molecule has 1 amide bonds. The number of rotatable bonds is 5. The lowest BCUT2D eigenvalue weighted by Gasteiger charge is -2.26. The van der Waals surface area contributed by atoms with Crippen molar-refractivity contribution in [1.29, 1.82) is 0 Å². The molecule has 1 fully saturated rings. The second kappa shape index (κ2) is 7.61. The first-order valence-corrected chi connectivity index (χ1v) is 7.76. The molecule has 1 saturated heterocycles. The molecule has 122 valence electrons. The molecule has 0 atom stereocenters. The molecule has 0 unspecified atom stereocenters. The van der Waals surface area contributed by atoms with Crippen LogP contribution in [0.3, 0.4) is 0 Å². The van der Waals surface area contributed by atoms with Gasteiger partial charge in [-0.05, 0) is 38.5 Å². The van der Waals surface area contributed by atoms with Crippen LogP contribution in [-0.4, -0.2) is 49.3 Å². The van der Waals surface area contributed by atoms with Gasteiger partial charge in [-0.15, -0.1) is 0 Å². The highest BCUT2D eigenvalue weighted by Gasteiger charge is 2.17. The molecular weight excluding hydrogens is 280 g/mol. The van der Waals surface area contributed by atoms with Gasteiger partial charge in [-0.3, -0.25) is 4.79 Å². The van der Waals surface area contributed by atoms with Crippen LogP contribution >= 0.6 is 0 Å². The molecule has 22 heavy (non-hydrogen) atoms. The summed E-state index contributed by atoms with van der Waals surface area (Å²) in [6.07, 6.45) is 0. The molecule has 0 radical (unpaired) electrons. The van der Waals surface area contributed by atoms with Gasteiger partial charge in [0.2, 0.25) is 0 Å². The van der Waals surface area contributed by atoms with Crippen molar-refractivity contribution in [3.8, 4) is 5.75 Å². The Morgan fingerprint density at radius 3 is 2.73 bits per heavy atom. The van der Waals surface area contributed by atoms with E-state index in [1.165, 1.54) is 0 Å². The van der Waals surface area contributed by atoms with Crippen LogP contribution in [0.2, 0.25) is 0 Å². The summed E-state index contributed by atoms with van der Waals surface area (Å²) in [5.41, 5.74) is 1.22. The first-order chi connectivity index (χ1) is 10.4. The van der Waals surface area contributed by atoms with E-state index in [1.807, 2.05) is 18.2 Å². The Morgan fingerprint density at radius 1 is 1.32 bits per heavy atom. The van der Waals surface area contributed by atoms with Crippen LogP contribution in [0.15, 0.2) is 24.3 Å². The van der Waals surface area contributed by atoms with E-state index in [4.69, 9.17) is 9.47 Å². The van der Waals surface area contributed by atoms with Crippen LogP contribution in [-0.2, 0) is 16.1 Å². The van der Waals surface area contributed by atoms with Crippen molar-refractivity contribution in [3.63, 3.8) is 0 Å². The average Bonchev–Trinajstić information content (AvgIpc) is 2.51. The van der Waals surface area contributed by atoms with Crippen LogP contribution in [0.1, 0.15) is 26.3 Å². The van der Waals surface area contributed by atoms with Gasteiger partial charge in [-0.2, -0.15) is 0 Å². The maximum atomic E-state index is 12.0. The molecule has 1 aromatic rings. The van der Waals surface area contributed by atoms with E-state index in [9.17, 15) is 4.79 Å². The number of ether oxygens (including phenoxy) is 2. The lowest BCUT2D eigenvalue weighted by Crippen LogP contribution is -2.42. The van der Waals surface area contributed by atoms with E-state index < -0.39 is 0 Å². The molecule has 5 heteroatoms. The zero-order valence-electron chi connectivity index (χ0n) is 13.7. The third-order valence-corrected chi connectivity index (χ3v) is 3.45. The maximum Gasteiger partial charge on any atom is 0.260 e. The summed E-state index contributed by atoms with van der Waals surface area (Å²) in [5.74, 6) is 0.747. The minimum Gasteiger partial charge on any atom is -0.484 e. The number of nitrogens with one attached hydrogen (secondary N) is 1. The number of hydrogen-bond acceptors (Lipinski definition) is 4. The lowest BCUT2D eigenvalue weighted by atomic mass is 10.1. The highest BCUT2D eigenvalue weighted by atomic mass is 16.5. The zero-order valence-corrected chi connectivity index (χ0v) is 13.7. The SMILES string of the molecule is CC(C)(C)NCc1cccc(OCC(=O)N2CCOCC2)c1. The maximum absolute atomic E-state index is 12.0. The first kappa shape index (κ1) is 16.8. The van der Waals surface area contributed by atoms with E-state index in [0.717, 1.165) is 17.9 Å². The second-order valence-corrected chi connectivity index (χ2v) is 6.53. The normalized spacial score (nSPS) is 15.7. The van der Waals surface area contributed by atoms with Crippen LogP contribution in [0, 0.1) is 0 Å². The Hall–Kier alpha value is -1.59. The Morgan fingerprint density at radius 2 is 2.05 bits per heavy atom. The Labute approximate surface area is 132 Å². The molecule has 1 N–H and O–H groups in total. The van der Waals surface area contributed by atoms with Crippen molar-refractivity contribution < 1.29 is 14.3 Å². The summed E-state index contributed by atoms with van der Waals surface area (Å²) in [6.45, 7) is 9.78. The standard InChI is InChI=1S/C17H26N2O3/c1-17(2,3)18-12-14-5-4-6-15(11-14)22-13-16(20)19-7-9-21-10-8-19/h4-6,11,18H,7-10,12-13H2,1-3H3. The van der Waals surface area contributed by atoms with Crippen molar-refractivity contribution in [3.05, 3.63) is 29.8 Å². The highest BCUT2D eigenvalue weighted by Crippen LogP contribution is 2.14. The molecule has 0 spiro atoms. The highest BCUT2D eigenvalue weighted by molar-refractivity contribution is 5.77. The van der Waals surface area contributed by atoms with Gasteiger partial charge in [0.05, 0.1) is 13.2 Å². The Kier molecular flexibility index (Phi) is 5.80. The van der Waals surface area contributed by atoms with Gasteiger partial charge in [0.1, 0.15) is 5.75 Å². The van der Waals surface area contributed by atoms with E-state index >= 15 is 0 Å². The second-order valence-electron chi connectivity index (χ2n) is 6.53. The number of carbonyl (C=O) groups excluding carboxylic acids is 1. The molecule has 1 aromatic carbocycles. The van der Waals surface area contributed by atoms with Crippen LogP contribution in [0.4, 0.5) is 0 Å². The molecule has 1 aliphatic rings. The fourth-order valence-corrected chi connectivity index (χ4v) is 2.16. The van der Waals surface area contributed by atoms with Gasteiger partial charge in [0, 0.05) is 25.2 Å². The van der Waals surface area contributed by atoms with Crippen molar-refractivity contribution in [2.75, 3.05) is 32.9 Å². The van der Waals surface area contributed by atoms with Gasteiger partial charge in [-0.1, -0.05) is 12.1 Å². The van der Waals surface area contributed by atoms with E-state index in [0.29, 0.717) is 26.3 Å². The Balaban J connectivity index is 1.83. The fourth-order valence-electron chi connectivity index (χ4n) is 2.16. The van der Waals surface area contributed by atoms with Gasteiger partial charge < -0.3 is 19.7 Å². The number of morpholine rings is 1. The summed E-state index contributed by atoms with van der Waals surface area (Å²) >= 11 is 0. The number of carbonyl (C=O) groups is 1. The largest absolute Gasteiger partial charge is 0.484 e.